The molecule has 0 fully saturated rings. The lowest BCUT2D eigenvalue weighted by Gasteiger charge is -2.16. The molecule has 0 aliphatic heterocycles. The van der Waals surface area contributed by atoms with E-state index in [0.717, 1.165) is 29.0 Å². The predicted octanol–water partition coefficient (Wildman–Crippen LogP) is 3.89. The molecule has 8 heteroatoms. The smallest absolute Gasteiger partial charge is 0.341 e. The highest BCUT2D eigenvalue weighted by Gasteiger charge is 2.22. The van der Waals surface area contributed by atoms with Crippen LogP contribution in [-0.4, -0.2) is 15.6 Å². The Bertz CT molecular complexity index is 1150. The van der Waals surface area contributed by atoms with Crippen molar-refractivity contribution in [3.8, 4) is 5.69 Å². The molecule has 0 aliphatic rings. The zero-order valence-electron chi connectivity index (χ0n) is 12.9. The number of benzene rings is 2. The minimum absolute atomic E-state index is 0.292. The molecule has 0 saturated heterocycles. The number of carboxylic acid groups (broad SMARTS) is 1. The van der Waals surface area contributed by atoms with E-state index in [4.69, 9.17) is 0 Å². The monoisotopic (exact) mass is 363 g/mol. The first kappa shape index (κ1) is 17.4. The molecule has 26 heavy (non-hydrogen) atoms. The fourth-order valence-electron chi connectivity index (χ4n) is 2.67. The van der Waals surface area contributed by atoms with Gasteiger partial charge in [0.15, 0.2) is 11.6 Å². The summed E-state index contributed by atoms with van der Waals surface area (Å²) in [5, 5.41) is 8.72. The van der Waals surface area contributed by atoms with Crippen LogP contribution in [0, 0.1) is 23.3 Å². The van der Waals surface area contributed by atoms with E-state index in [1.165, 1.54) is 0 Å². The summed E-state index contributed by atoms with van der Waals surface area (Å²) in [4.78, 5) is 23.7. The highest BCUT2D eigenvalue weighted by molar-refractivity contribution is 5.96. The lowest BCUT2D eigenvalue weighted by atomic mass is 10.0. The zero-order valence-corrected chi connectivity index (χ0v) is 12.9. The lowest BCUT2D eigenvalue weighted by Crippen LogP contribution is -2.20. The Kier molecular flexibility index (Phi) is 4.11. The summed E-state index contributed by atoms with van der Waals surface area (Å²) >= 11 is 0. The Morgan fingerprint density at radius 1 is 1.12 bits per heavy atom. The summed E-state index contributed by atoms with van der Waals surface area (Å²) in [6, 6.07) is 2.95. The SMILES string of the molecule is C=Cc1c(F)c(F)cc2c(=O)c(C(=O)O)cn(-c3ccc(F)cc3F)c12. The number of hydrogen-bond donors (Lipinski definition) is 1. The van der Waals surface area contributed by atoms with Crippen LogP contribution >= 0.6 is 0 Å². The summed E-state index contributed by atoms with van der Waals surface area (Å²) in [6.45, 7) is 3.35. The molecular formula is C18H9F4NO3. The predicted molar refractivity (Wildman–Crippen MR) is 86.4 cm³/mol. The van der Waals surface area contributed by atoms with Gasteiger partial charge < -0.3 is 9.67 Å². The summed E-state index contributed by atoms with van der Waals surface area (Å²) < 4.78 is 56.3. The van der Waals surface area contributed by atoms with E-state index in [9.17, 15) is 32.3 Å². The van der Waals surface area contributed by atoms with E-state index in [1.807, 2.05) is 0 Å². The van der Waals surface area contributed by atoms with Gasteiger partial charge in [0.2, 0.25) is 5.43 Å². The minimum atomic E-state index is -1.64. The Morgan fingerprint density at radius 3 is 2.38 bits per heavy atom. The van der Waals surface area contributed by atoms with E-state index >= 15 is 0 Å². The average molecular weight is 363 g/mol. The highest BCUT2D eigenvalue weighted by atomic mass is 19.2. The molecule has 132 valence electrons. The third kappa shape index (κ3) is 2.55. The molecule has 3 aromatic rings. The van der Waals surface area contributed by atoms with Crippen molar-refractivity contribution in [2.45, 2.75) is 0 Å². The number of halogens is 4. The molecule has 0 radical (unpaired) electrons. The van der Waals surface area contributed by atoms with Crippen LogP contribution < -0.4 is 5.43 Å². The van der Waals surface area contributed by atoms with Gasteiger partial charge in [0.1, 0.15) is 17.2 Å². The minimum Gasteiger partial charge on any atom is -0.477 e. The van der Waals surface area contributed by atoms with Crippen LogP contribution in [0.4, 0.5) is 17.6 Å². The van der Waals surface area contributed by atoms with E-state index in [1.54, 1.807) is 0 Å². The van der Waals surface area contributed by atoms with Crippen molar-refractivity contribution in [1.29, 1.82) is 0 Å². The second kappa shape index (κ2) is 6.14. The molecule has 0 aliphatic carbocycles. The average Bonchev–Trinajstić information content (AvgIpc) is 2.57. The van der Waals surface area contributed by atoms with Gasteiger partial charge in [-0.3, -0.25) is 4.79 Å². The van der Waals surface area contributed by atoms with Crippen molar-refractivity contribution in [3.05, 3.63) is 81.7 Å². The molecule has 1 heterocycles. The fourth-order valence-corrected chi connectivity index (χ4v) is 2.67. The summed E-state index contributed by atoms with van der Waals surface area (Å²) in [5.74, 6) is -6.36. The Balaban J connectivity index is 2.62. The lowest BCUT2D eigenvalue weighted by molar-refractivity contribution is 0.0695. The summed E-state index contributed by atoms with van der Waals surface area (Å²) in [7, 11) is 0. The number of carboxylic acids is 1. The van der Waals surface area contributed by atoms with Crippen molar-refractivity contribution in [3.63, 3.8) is 0 Å². The van der Waals surface area contributed by atoms with Crippen molar-refractivity contribution in [2.24, 2.45) is 0 Å². The second-order valence-corrected chi connectivity index (χ2v) is 5.33. The fraction of sp³-hybridized carbons (Fsp3) is 0. The van der Waals surface area contributed by atoms with E-state index in [0.29, 0.717) is 12.1 Å². The second-order valence-electron chi connectivity index (χ2n) is 5.33. The molecule has 0 unspecified atom stereocenters. The molecule has 0 amide bonds. The van der Waals surface area contributed by atoms with Crippen molar-refractivity contribution in [1.82, 2.24) is 4.57 Å². The first-order valence-electron chi connectivity index (χ1n) is 7.14. The van der Waals surface area contributed by atoms with Crippen LogP contribution in [0.25, 0.3) is 22.7 Å². The highest BCUT2D eigenvalue weighted by Crippen LogP contribution is 2.28. The van der Waals surface area contributed by atoms with Crippen LogP contribution in [-0.2, 0) is 0 Å². The molecule has 3 rings (SSSR count). The molecule has 1 N–H and O–H groups in total. The Hall–Kier alpha value is -3.42. The molecule has 0 atom stereocenters. The quantitative estimate of drug-likeness (QED) is 0.719. The van der Waals surface area contributed by atoms with Crippen LogP contribution in [0.2, 0.25) is 0 Å². The zero-order chi connectivity index (χ0) is 19.2. The number of hydrogen-bond acceptors (Lipinski definition) is 2. The number of rotatable bonds is 3. The standard InChI is InChI=1S/C18H9F4NO3/c1-2-9-15(22)13(21)6-10-16(9)23(7-11(17(10)24)18(25)26)14-4-3-8(19)5-12(14)20/h2-7H,1H2,(H,25,26). The van der Waals surface area contributed by atoms with Crippen molar-refractivity contribution in [2.75, 3.05) is 0 Å². The van der Waals surface area contributed by atoms with Crippen molar-refractivity contribution >= 4 is 22.9 Å². The number of carbonyl (C=O) groups is 1. The number of pyridine rings is 1. The third-order valence-corrected chi connectivity index (χ3v) is 3.82. The molecule has 4 nitrogen and oxygen atoms in total. The topological polar surface area (TPSA) is 59.3 Å². The van der Waals surface area contributed by atoms with Gasteiger partial charge in [-0.05, 0) is 18.2 Å². The number of fused-ring (bicyclic) bond motifs is 1. The van der Waals surface area contributed by atoms with Crippen LogP contribution in [0.1, 0.15) is 15.9 Å². The van der Waals surface area contributed by atoms with Crippen LogP contribution in [0.3, 0.4) is 0 Å². The summed E-state index contributed by atoms with van der Waals surface area (Å²) in [5.41, 5.74) is -2.97. The van der Waals surface area contributed by atoms with Gasteiger partial charge in [-0.2, -0.15) is 0 Å². The van der Waals surface area contributed by atoms with E-state index < -0.39 is 51.2 Å². The molecule has 1 aromatic heterocycles. The maximum absolute atomic E-state index is 14.2. The van der Waals surface area contributed by atoms with Gasteiger partial charge in [0.25, 0.3) is 0 Å². The first-order valence-corrected chi connectivity index (χ1v) is 7.14. The van der Waals surface area contributed by atoms with Gasteiger partial charge >= 0.3 is 5.97 Å². The maximum Gasteiger partial charge on any atom is 0.341 e. The molecule has 0 spiro atoms. The Morgan fingerprint density at radius 2 is 1.81 bits per heavy atom. The third-order valence-electron chi connectivity index (χ3n) is 3.82. The largest absolute Gasteiger partial charge is 0.477 e. The van der Waals surface area contributed by atoms with E-state index in [2.05, 4.69) is 6.58 Å². The van der Waals surface area contributed by atoms with Gasteiger partial charge in [-0.15, -0.1) is 0 Å². The maximum atomic E-state index is 14.2. The van der Waals surface area contributed by atoms with Crippen LogP contribution in [0.5, 0.6) is 0 Å². The Labute approximate surface area is 143 Å². The molecule has 2 aromatic carbocycles. The van der Waals surface area contributed by atoms with Gasteiger partial charge in [-0.1, -0.05) is 12.7 Å². The molecular weight excluding hydrogens is 354 g/mol. The number of nitrogens with zero attached hydrogens (tertiary/aromatic N) is 1. The van der Waals surface area contributed by atoms with Crippen LogP contribution in [0.15, 0.2) is 41.8 Å². The molecule has 0 saturated carbocycles. The number of aromatic carboxylic acids is 1. The van der Waals surface area contributed by atoms with Gasteiger partial charge in [0.05, 0.1) is 16.6 Å². The first-order chi connectivity index (χ1) is 12.3. The van der Waals surface area contributed by atoms with E-state index in [-0.39, 0.29) is 11.2 Å². The normalized spacial score (nSPS) is 10.9. The number of aromatic nitrogens is 1. The summed E-state index contributed by atoms with van der Waals surface area (Å²) in [6.07, 6.45) is 1.69. The van der Waals surface area contributed by atoms with Crippen molar-refractivity contribution < 1.29 is 27.5 Å². The van der Waals surface area contributed by atoms with Gasteiger partial charge in [-0.25, -0.2) is 22.4 Å². The molecule has 0 bridgehead atoms. The van der Waals surface area contributed by atoms with Gasteiger partial charge in [0, 0.05) is 17.8 Å².